The summed E-state index contributed by atoms with van der Waals surface area (Å²) >= 11 is 5.96. The first-order valence-corrected chi connectivity index (χ1v) is 5.92. The van der Waals surface area contributed by atoms with E-state index in [1.807, 2.05) is 20.8 Å². The highest BCUT2D eigenvalue weighted by atomic mass is 35.5. The Bertz CT molecular complexity index is 418. The van der Waals surface area contributed by atoms with E-state index in [0.717, 1.165) is 0 Å². The molecule has 0 spiro atoms. The molecular formula is C13H20Cl2FNO. The molecule has 0 bridgehead atoms. The van der Waals surface area contributed by atoms with E-state index in [4.69, 9.17) is 17.3 Å². The molecule has 0 aromatic heterocycles. The average molecular weight is 296 g/mol. The van der Waals surface area contributed by atoms with Gasteiger partial charge in [0.2, 0.25) is 0 Å². The molecule has 0 saturated carbocycles. The fourth-order valence-corrected chi connectivity index (χ4v) is 1.95. The number of halogens is 3. The van der Waals surface area contributed by atoms with Crippen LogP contribution < -0.4 is 5.73 Å². The predicted octanol–water partition coefficient (Wildman–Crippen LogP) is 3.62. The Balaban J connectivity index is 0.00000289. The molecule has 0 aliphatic carbocycles. The molecule has 0 saturated heterocycles. The van der Waals surface area contributed by atoms with Crippen molar-refractivity contribution in [3.63, 3.8) is 0 Å². The van der Waals surface area contributed by atoms with Gasteiger partial charge in [-0.2, -0.15) is 0 Å². The molecule has 3 N–H and O–H groups in total. The number of hydrogen-bond donors (Lipinski definition) is 2. The Kier molecular flexibility index (Phi) is 6.08. The van der Waals surface area contributed by atoms with E-state index < -0.39 is 23.4 Å². The molecule has 0 aliphatic heterocycles. The summed E-state index contributed by atoms with van der Waals surface area (Å²) in [6.45, 7) is 7.18. The first kappa shape index (κ1) is 17.6. The maximum atomic E-state index is 14.0. The van der Waals surface area contributed by atoms with Gasteiger partial charge < -0.3 is 10.8 Å². The van der Waals surface area contributed by atoms with Crippen LogP contribution in [0.5, 0.6) is 0 Å². The van der Waals surface area contributed by atoms with E-state index in [1.54, 1.807) is 19.1 Å². The van der Waals surface area contributed by atoms with Gasteiger partial charge in [0.05, 0.1) is 12.1 Å². The molecule has 0 radical (unpaired) electrons. The quantitative estimate of drug-likeness (QED) is 0.875. The van der Waals surface area contributed by atoms with Crippen molar-refractivity contribution in [2.45, 2.75) is 39.8 Å². The summed E-state index contributed by atoms with van der Waals surface area (Å²) < 4.78 is 14.0. The lowest BCUT2D eigenvalue weighted by atomic mass is 9.82. The van der Waals surface area contributed by atoms with Crippen LogP contribution in [-0.4, -0.2) is 11.2 Å². The van der Waals surface area contributed by atoms with Gasteiger partial charge in [0.15, 0.2) is 0 Å². The molecule has 1 aromatic carbocycles. The van der Waals surface area contributed by atoms with Crippen molar-refractivity contribution in [3.05, 3.63) is 34.1 Å². The van der Waals surface area contributed by atoms with E-state index in [9.17, 15) is 9.50 Å². The Hall–Kier alpha value is -0.350. The zero-order valence-electron chi connectivity index (χ0n) is 11.0. The van der Waals surface area contributed by atoms with Gasteiger partial charge in [-0.3, -0.25) is 0 Å². The van der Waals surface area contributed by atoms with Crippen molar-refractivity contribution in [2.75, 3.05) is 0 Å². The third-order valence-corrected chi connectivity index (χ3v) is 3.21. The number of aliphatic hydroxyl groups excluding tert-OH is 1. The molecule has 0 heterocycles. The maximum absolute atomic E-state index is 14.0. The molecule has 1 aromatic rings. The Labute approximate surface area is 119 Å². The lowest BCUT2D eigenvalue weighted by molar-refractivity contribution is 0.0391. The summed E-state index contributed by atoms with van der Waals surface area (Å²) in [5, 5.41) is 10.4. The number of aryl methyl sites for hydroxylation is 1. The standard InChI is InChI=1S/C13H19ClFNO.ClH/c1-7-5-6-8(14)9(10(7)15)11(16)12(17)13(2,3)4;/h5-6,11-12,17H,16H2,1-4H3;1H/t11-,12-;/m1./s1. The minimum atomic E-state index is -0.865. The second kappa shape index (κ2) is 6.20. The number of hydrogen-bond acceptors (Lipinski definition) is 2. The largest absolute Gasteiger partial charge is 0.391 e. The molecule has 0 aliphatic rings. The number of rotatable bonds is 2. The number of nitrogens with two attached hydrogens (primary N) is 1. The Morgan fingerprint density at radius 2 is 1.83 bits per heavy atom. The summed E-state index contributed by atoms with van der Waals surface area (Å²) in [5.74, 6) is -0.437. The smallest absolute Gasteiger partial charge is 0.132 e. The van der Waals surface area contributed by atoms with Crippen molar-refractivity contribution in [1.29, 1.82) is 0 Å². The molecule has 104 valence electrons. The maximum Gasteiger partial charge on any atom is 0.132 e. The van der Waals surface area contributed by atoms with Crippen molar-refractivity contribution in [3.8, 4) is 0 Å². The molecular weight excluding hydrogens is 276 g/mol. The Morgan fingerprint density at radius 1 is 1.33 bits per heavy atom. The van der Waals surface area contributed by atoms with Crippen molar-refractivity contribution in [1.82, 2.24) is 0 Å². The zero-order valence-corrected chi connectivity index (χ0v) is 12.6. The molecule has 0 unspecified atom stereocenters. The van der Waals surface area contributed by atoms with Crippen molar-refractivity contribution < 1.29 is 9.50 Å². The molecule has 2 nitrogen and oxygen atoms in total. The highest BCUT2D eigenvalue weighted by Crippen LogP contribution is 2.34. The lowest BCUT2D eigenvalue weighted by Gasteiger charge is -2.31. The Morgan fingerprint density at radius 3 is 2.28 bits per heavy atom. The first-order valence-electron chi connectivity index (χ1n) is 5.54. The highest BCUT2D eigenvalue weighted by Gasteiger charge is 2.32. The monoisotopic (exact) mass is 295 g/mol. The van der Waals surface area contributed by atoms with Gasteiger partial charge in [-0.05, 0) is 24.0 Å². The SMILES string of the molecule is Cc1ccc(Cl)c([C@@H](N)[C@@H](O)C(C)(C)C)c1F.Cl. The summed E-state index contributed by atoms with van der Waals surface area (Å²) in [7, 11) is 0. The topological polar surface area (TPSA) is 46.2 Å². The molecule has 0 amide bonds. The van der Waals surface area contributed by atoms with Crippen molar-refractivity contribution >= 4 is 24.0 Å². The van der Waals surface area contributed by atoms with E-state index in [0.29, 0.717) is 5.56 Å². The predicted molar refractivity (Wildman–Crippen MR) is 75.8 cm³/mol. The summed E-state index contributed by atoms with van der Waals surface area (Å²) in [6.07, 6.45) is -0.865. The van der Waals surface area contributed by atoms with Crippen LogP contribution in [-0.2, 0) is 0 Å². The minimum Gasteiger partial charge on any atom is -0.391 e. The van der Waals surface area contributed by atoms with Crippen LogP contribution in [0.3, 0.4) is 0 Å². The average Bonchev–Trinajstić information content (AvgIpc) is 2.21. The minimum absolute atomic E-state index is 0. The van der Waals surface area contributed by atoms with Crippen molar-refractivity contribution in [2.24, 2.45) is 11.1 Å². The number of benzene rings is 1. The van der Waals surface area contributed by atoms with E-state index in [-0.39, 0.29) is 23.0 Å². The lowest BCUT2D eigenvalue weighted by Crippen LogP contribution is -2.37. The van der Waals surface area contributed by atoms with Crippen LogP contribution in [0.25, 0.3) is 0 Å². The van der Waals surface area contributed by atoms with Gasteiger partial charge in [-0.25, -0.2) is 4.39 Å². The van der Waals surface area contributed by atoms with Gasteiger partial charge in [-0.1, -0.05) is 38.4 Å². The van der Waals surface area contributed by atoms with Crippen LogP contribution in [0.4, 0.5) is 4.39 Å². The highest BCUT2D eigenvalue weighted by molar-refractivity contribution is 6.31. The van der Waals surface area contributed by atoms with Gasteiger partial charge in [0.25, 0.3) is 0 Å². The molecule has 2 atom stereocenters. The van der Waals surface area contributed by atoms with Crippen LogP contribution in [0.2, 0.25) is 5.02 Å². The van der Waals surface area contributed by atoms with Crippen LogP contribution in [0.1, 0.15) is 37.9 Å². The molecule has 1 rings (SSSR count). The molecule has 0 fully saturated rings. The van der Waals surface area contributed by atoms with Crippen LogP contribution in [0.15, 0.2) is 12.1 Å². The summed E-state index contributed by atoms with van der Waals surface area (Å²) in [6, 6.07) is 2.37. The molecule has 5 heteroatoms. The summed E-state index contributed by atoms with van der Waals surface area (Å²) in [4.78, 5) is 0. The van der Waals surface area contributed by atoms with E-state index in [2.05, 4.69) is 0 Å². The van der Waals surface area contributed by atoms with Gasteiger partial charge in [0.1, 0.15) is 5.82 Å². The van der Waals surface area contributed by atoms with Gasteiger partial charge in [0, 0.05) is 10.6 Å². The van der Waals surface area contributed by atoms with Crippen LogP contribution >= 0.6 is 24.0 Å². The summed E-state index contributed by atoms with van der Waals surface area (Å²) in [5.41, 5.74) is 6.15. The third-order valence-electron chi connectivity index (χ3n) is 2.88. The second-order valence-electron chi connectivity index (χ2n) is 5.43. The third kappa shape index (κ3) is 3.58. The van der Waals surface area contributed by atoms with E-state index >= 15 is 0 Å². The fourth-order valence-electron chi connectivity index (χ4n) is 1.68. The zero-order chi connectivity index (χ0) is 13.4. The first-order chi connectivity index (χ1) is 7.66. The van der Waals surface area contributed by atoms with Gasteiger partial charge >= 0.3 is 0 Å². The van der Waals surface area contributed by atoms with Crippen LogP contribution in [0, 0.1) is 18.2 Å². The fraction of sp³-hybridized carbons (Fsp3) is 0.538. The molecule has 18 heavy (non-hydrogen) atoms. The normalized spacial score (nSPS) is 14.9. The number of aliphatic hydroxyl groups is 1. The second-order valence-corrected chi connectivity index (χ2v) is 5.84. The van der Waals surface area contributed by atoms with Gasteiger partial charge in [-0.15, -0.1) is 12.4 Å². The van der Waals surface area contributed by atoms with E-state index in [1.165, 1.54) is 0 Å².